The average molecular weight is 269 g/mol. The van der Waals surface area contributed by atoms with Gasteiger partial charge in [-0.05, 0) is 31.0 Å². The Balaban J connectivity index is 1.91. The Hall–Kier alpha value is -0.910. The normalized spacial score (nSPS) is 21.3. The summed E-state index contributed by atoms with van der Waals surface area (Å²) in [6.07, 6.45) is 0.960. The smallest absolute Gasteiger partial charge is 0.179 e. The predicted octanol–water partition coefficient (Wildman–Crippen LogP) is 0.774. The number of hydrogen-bond donors (Lipinski definition) is 1. The largest absolute Gasteiger partial charge is 0.396 e. The van der Waals surface area contributed by atoms with Crippen molar-refractivity contribution in [1.82, 2.24) is 4.90 Å². The van der Waals surface area contributed by atoms with E-state index in [1.165, 1.54) is 0 Å². The van der Waals surface area contributed by atoms with Gasteiger partial charge in [0.25, 0.3) is 0 Å². The van der Waals surface area contributed by atoms with E-state index in [-0.39, 0.29) is 12.4 Å². The molecule has 1 N–H and O–H groups in total. The second-order valence-corrected chi connectivity index (χ2v) is 6.88. The molecule has 1 unspecified atom stereocenters. The number of sulfone groups is 1. The van der Waals surface area contributed by atoms with Crippen molar-refractivity contribution >= 4 is 9.84 Å². The van der Waals surface area contributed by atoms with Crippen molar-refractivity contribution in [2.45, 2.75) is 11.3 Å². The first-order chi connectivity index (χ1) is 8.62. The van der Waals surface area contributed by atoms with Crippen molar-refractivity contribution in [1.29, 1.82) is 0 Å². The molecule has 1 saturated heterocycles. The van der Waals surface area contributed by atoms with Crippen LogP contribution in [0.4, 0.5) is 0 Å². The fourth-order valence-corrected chi connectivity index (χ4v) is 3.57. The molecule has 1 aromatic rings. The van der Waals surface area contributed by atoms with Crippen molar-refractivity contribution in [3.63, 3.8) is 0 Å². The topological polar surface area (TPSA) is 57.6 Å². The molecule has 4 nitrogen and oxygen atoms in total. The molecule has 0 bridgehead atoms. The van der Waals surface area contributed by atoms with E-state index in [2.05, 4.69) is 4.90 Å². The zero-order valence-corrected chi connectivity index (χ0v) is 11.1. The summed E-state index contributed by atoms with van der Waals surface area (Å²) in [7, 11) is -3.18. The fourth-order valence-electron chi connectivity index (χ4n) is 2.26. The summed E-state index contributed by atoms with van der Waals surface area (Å²) in [6.45, 7) is 2.44. The molecular weight excluding hydrogens is 250 g/mol. The van der Waals surface area contributed by atoms with E-state index in [4.69, 9.17) is 5.11 Å². The maximum absolute atomic E-state index is 12.1. The molecule has 1 aliphatic rings. The Bertz CT molecular complexity index is 472. The van der Waals surface area contributed by atoms with E-state index in [9.17, 15) is 8.42 Å². The van der Waals surface area contributed by atoms with Crippen LogP contribution in [-0.2, 0) is 9.84 Å². The number of benzene rings is 1. The monoisotopic (exact) mass is 269 g/mol. The maximum Gasteiger partial charge on any atom is 0.179 e. The van der Waals surface area contributed by atoms with Gasteiger partial charge in [0.1, 0.15) is 0 Å². The Morgan fingerprint density at radius 3 is 2.61 bits per heavy atom. The molecule has 0 radical (unpaired) electrons. The van der Waals surface area contributed by atoms with Crippen LogP contribution in [0.3, 0.4) is 0 Å². The summed E-state index contributed by atoms with van der Waals surface area (Å²) in [5, 5.41) is 9.04. The molecular formula is C13H19NO3S. The van der Waals surface area contributed by atoms with Crippen LogP contribution >= 0.6 is 0 Å². The molecule has 2 rings (SSSR count). The molecule has 0 spiro atoms. The third-order valence-electron chi connectivity index (χ3n) is 3.41. The molecule has 0 aliphatic carbocycles. The lowest BCUT2D eigenvalue weighted by atomic mass is 10.1. The van der Waals surface area contributed by atoms with Gasteiger partial charge in [-0.2, -0.15) is 0 Å². The van der Waals surface area contributed by atoms with Gasteiger partial charge in [0.2, 0.25) is 0 Å². The SMILES string of the molecule is O=S(=O)(CCN1CCC(CO)C1)c1ccccc1. The third-order valence-corrected chi connectivity index (χ3v) is 5.12. The zero-order valence-electron chi connectivity index (χ0n) is 10.3. The number of aliphatic hydroxyl groups excluding tert-OH is 1. The standard InChI is InChI=1S/C13H19NO3S/c15-11-12-6-7-14(10-12)8-9-18(16,17)13-4-2-1-3-5-13/h1-5,12,15H,6-11H2. The molecule has 100 valence electrons. The number of nitrogens with zero attached hydrogens (tertiary/aromatic N) is 1. The number of likely N-dealkylation sites (tertiary alicyclic amines) is 1. The molecule has 0 saturated carbocycles. The average Bonchev–Trinajstić information content (AvgIpc) is 2.86. The lowest BCUT2D eigenvalue weighted by Crippen LogP contribution is -2.27. The Morgan fingerprint density at radius 1 is 1.28 bits per heavy atom. The van der Waals surface area contributed by atoms with Gasteiger partial charge in [-0.15, -0.1) is 0 Å². The van der Waals surface area contributed by atoms with Gasteiger partial charge < -0.3 is 10.0 Å². The van der Waals surface area contributed by atoms with E-state index >= 15 is 0 Å². The number of aliphatic hydroxyl groups is 1. The number of hydrogen-bond acceptors (Lipinski definition) is 4. The highest BCUT2D eigenvalue weighted by molar-refractivity contribution is 7.91. The molecule has 0 amide bonds. The van der Waals surface area contributed by atoms with Gasteiger partial charge in [-0.1, -0.05) is 18.2 Å². The lowest BCUT2D eigenvalue weighted by Gasteiger charge is -2.15. The molecule has 1 aliphatic heterocycles. The first-order valence-corrected chi connectivity index (χ1v) is 7.88. The summed E-state index contributed by atoms with van der Waals surface area (Å²) in [4.78, 5) is 2.50. The van der Waals surface area contributed by atoms with Crippen LogP contribution in [0.15, 0.2) is 35.2 Å². The highest BCUT2D eigenvalue weighted by Gasteiger charge is 2.23. The van der Waals surface area contributed by atoms with Crippen LogP contribution in [0.2, 0.25) is 0 Å². The van der Waals surface area contributed by atoms with E-state index in [1.807, 2.05) is 6.07 Å². The second-order valence-electron chi connectivity index (χ2n) is 4.77. The van der Waals surface area contributed by atoms with Gasteiger partial charge in [-0.3, -0.25) is 0 Å². The fraction of sp³-hybridized carbons (Fsp3) is 0.538. The van der Waals surface area contributed by atoms with E-state index in [0.717, 1.165) is 19.5 Å². The van der Waals surface area contributed by atoms with Crippen LogP contribution in [0.5, 0.6) is 0 Å². The molecule has 0 aromatic heterocycles. The van der Waals surface area contributed by atoms with Gasteiger partial charge in [0.05, 0.1) is 10.6 Å². The van der Waals surface area contributed by atoms with E-state index in [0.29, 0.717) is 17.4 Å². The Labute approximate surface area is 108 Å². The van der Waals surface area contributed by atoms with Gasteiger partial charge >= 0.3 is 0 Å². The highest BCUT2D eigenvalue weighted by atomic mass is 32.2. The van der Waals surface area contributed by atoms with Gasteiger partial charge in [-0.25, -0.2) is 8.42 Å². The van der Waals surface area contributed by atoms with E-state index < -0.39 is 9.84 Å². The summed E-state index contributed by atoms with van der Waals surface area (Å²) in [5.74, 6) is 0.458. The molecule has 1 atom stereocenters. The lowest BCUT2D eigenvalue weighted by molar-refractivity contribution is 0.224. The minimum atomic E-state index is -3.18. The predicted molar refractivity (Wildman–Crippen MR) is 70.1 cm³/mol. The van der Waals surface area contributed by atoms with E-state index in [1.54, 1.807) is 24.3 Å². The maximum atomic E-state index is 12.1. The summed E-state index contributed by atoms with van der Waals surface area (Å²) < 4.78 is 24.1. The van der Waals surface area contributed by atoms with Gasteiger partial charge in [0.15, 0.2) is 9.84 Å². The first-order valence-electron chi connectivity index (χ1n) is 6.23. The summed E-state index contributed by atoms with van der Waals surface area (Å²) in [5.41, 5.74) is 0. The summed E-state index contributed by atoms with van der Waals surface area (Å²) >= 11 is 0. The van der Waals surface area contributed by atoms with Crippen molar-refractivity contribution in [3.05, 3.63) is 30.3 Å². The molecule has 5 heteroatoms. The molecule has 1 aromatic carbocycles. The molecule has 1 fully saturated rings. The van der Waals surface area contributed by atoms with Crippen molar-refractivity contribution in [2.75, 3.05) is 32.0 Å². The third kappa shape index (κ3) is 3.31. The van der Waals surface area contributed by atoms with Crippen molar-refractivity contribution < 1.29 is 13.5 Å². The first kappa shape index (κ1) is 13.5. The Morgan fingerprint density at radius 2 is 2.00 bits per heavy atom. The van der Waals surface area contributed by atoms with Crippen LogP contribution in [0.25, 0.3) is 0 Å². The minimum absolute atomic E-state index is 0.148. The van der Waals surface area contributed by atoms with Crippen LogP contribution in [0.1, 0.15) is 6.42 Å². The second kappa shape index (κ2) is 5.82. The van der Waals surface area contributed by atoms with Crippen LogP contribution in [0, 0.1) is 5.92 Å². The number of rotatable bonds is 5. The van der Waals surface area contributed by atoms with Gasteiger partial charge in [0, 0.05) is 19.7 Å². The van der Waals surface area contributed by atoms with Crippen LogP contribution in [-0.4, -0.2) is 50.4 Å². The minimum Gasteiger partial charge on any atom is -0.396 e. The van der Waals surface area contributed by atoms with Crippen molar-refractivity contribution in [2.24, 2.45) is 5.92 Å². The quantitative estimate of drug-likeness (QED) is 0.858. The summed E-state index contributed by atoms with van der Waals surface area (Å²) in [6, 6.07) is 8.56. The molecule has 18 heavy (non-hydrogen) atoms. The zero-order chi connectivity index (χ0) is 13.0. The molecule has 1 heterocycles. The van der Waals surface area contributed by atoms with Crippen molar-refractivity contribution in [3.8, 4) is 0 Å². The highest BCUT2D eigenvalue weighted by Crippen LogP contribution is 2.16. The van der Waals surface area contributed by atoms with Crippen LogP contribution < -0.4 is 0 Å². The Kier molecular flexibility index (Phi) is 4.37.